The van der Waals surface area contributed by atoms with Gasteiger partial charge in [0, 0.05) is 31.4 Å². The van der Waals surface area contributed by atoms with Crippen molar-refractivity contribution in [2.75, 3.05) is 25.0 Å². The molecule has 2 aromatic carbocycles. The summed E-state index contributed by atoms with van der Waals surface area (Å²) in [4.78, 5) is 15.6. The Hall–Kier alpha value is -2.33. The number of ether oxygens (including phenoxy) is 1. The first-order valence-electron chi connectivity index (χ1n) is 10.5. The molecule has 2 atom stereocenters. The van der Waals surface area contributed by atoms with Crippen LogP contribution in [-0.4, -0.2) is 36.5 Å². The maximum atomic E-state index is 13.5. The van der Waals surface area contributed by atoms with E-state index in [0.29, 0.717) is 19.1 Å². The van der Waals surface area contributed by atoms with Crippen LogP contribution < -0.4 is 5.32 Å². The van der Waals surface area contributed by atoms with Crippen molar-refractivity contribution in [3.63, 3.8) is 0 Å². The molecule has 1 saturated heterocycles. The van der Waals surface area contributed by atoms with Gasteiger partial charge in [-0.15, -0.1) is 0 Å². The summed E-state index contributed by atoms with van der Waals surface area (Å²) in [6.45, 7) is 5.16. The van der Waals surface area contributed by atoms with E-state index in [2.05, 4.69) is 47.5 Å². The number of likely N-dealkylation sites (tertiary alicyclic amines) is 1. The largest absolute Gasteiger partial charge is 0.381 e. The minimum absolute atomic E-state index is 0.0970. The molecule has 2 aliphatic heterocycles. The van der Waals surface area contributed by atoms with Gasteiger partial charge in [0.25, 0.3) is 0 Å². The average molecular weight is 379 g/mol. The summed E-state index contributed by atoms with van der Waals surface area (Å²) in [5, 5.41) is 3.65. The first kappa shape index (κ1) is 19.0. The summed E-state index contributed by atoms with van der Waals surface area (Å²) in [7, 11) is 0. The number of nitrogens with one attached hydrogen (secondary N) is 1. The number of benzene rings is 2. The summed E-state index contributed by atoms with van der Waals surface area (Å²) in [6, 6.07) is 18.7. The fourth-order valence-corrected chi connectivity index (χ4v) is 4.72. The summed E-state index contributed by atoms with van der Waals surface area (Å²) >= 11 is 0. The number of hydrogen-bond acceptors (Lipinski definition) is 3. The van der Waals surface area contributed by atoms with Crippen molar-refractivity contribution in [2.24, 2.45) is 0 Å². The van der Waals surface area contributed by atoms with Crippen LogP contribution in [0, 0.1) is 0 Å². The Morgan fingerprint density at radius 2 is 1.93 bits per heavy atom. The molecule has 1 amide bonds. The van der Waals surface area contributed by atoms with Crippen LogP contribution >= 0.6 is 0 Å². The summed E-state index contributed by atoms with van der Waals surface area (Å²) in [5.74, 6) is 0.298. The quantitative estimate of drug-likeness (QED) is 0.694. The molecule has 0 aliphatic carbocycles. The highest BCUT2D eigenvalue weighted by molar-refractivity contribution is 5.95. The number of nitrogens with zero attached hydrogens (tertiary/aromatic N) is 1. The number of fused-ring (bicyclic) bond motifs is 2. The van der Waals surface area contributed by atoms with E-state index >= 15 is 0 Å². The SMILES string of the molecule is CCCCN1CC[C@]2(C1=O)c1ccccc1N[C@@H]2CCOCc1ccccc1. The Morgan fingerprint density at radius 3 is 2.75 bits per heavy atom. The number of para-hydroxylation sites is 1. The highest BCUT2D eigenvalue weighted by Gasteiger charge is 2.56. The highest BCUT2D eigenvalue weighted by atomic mass is 16.5. The Bertz CT molecular complexity index is 807. The fraction of sp³-hybridized carbons (Fsp3) is 0.458. The Morgan fingerprint density at radius 1 is 1.14 bits per heavy atom. The monoisotopic (exact) mass is 378 g/mol. The van der Waals surface area contributed by atoms with E-state index in [0.717, 1.165) is 44.5 Å². The molecule has 0 saturated carbocycles. The molecule has 28 heavy (non-hydrogen) atoms. The number of carbonyl (C=O) groups is 1. The summed E-state index contributed by atoms with van der Waals surface area (Å²) in [5.41, 5.74) is 3.04. The van der Waals surface area contributed by atoms with Crippen LogP contribution in [0.25, 0.3) is 0 Å². The van der Waals surface area contributed by atoms with Gasteiger partial charge in [-0.05, 0) is 36.5 Å². The van der Waals surface area contributed by atoms with Crippen LogP contribution in [0.3, 0.4) is 0 Å². The van der Waals surface area contributed by atoms with Gasteiger partial charge in [0.15, 0.2) is 0 Å². The van der Waals surface area contributed by atoms with E-state index in [-0.39, 0.29) is 6.04 Å². The van der Waals surface area contributed by atoms with Crippen LogP contribution in [0.2, 0.25) is 0 Å². The van der Waals surface area contributed by atoms with Gasteiger partial charge in [-0.1, -0.05) is 61.9 Å². The smallest absolute Gasteiger partial charge is 0.235 e. The van der Waals surface area contributed by atoms with Gasteiger partial charge in [0.05, 0.1) is 12.0 Å². The molecule has 1 spiro atoms. The van der Waals surface area contributed by atoms with Gasteiger partial charge in [-0.2, -0.15) is 0 Å². The third-order valence-corrected chi connectivity index (χ3v) is 6.22. The minimum atomic E-state index is -0.430. The Balaban J connectivity index is 1.46. The predicted molar refractivity (Wildman–Crippen MR) is 112 cm³/mol. The lowest BCUT2D eigenvalue weighted by Crippen LogP contribution is -2.46. The van der Waals surface area contributed by atoms with E-state index in [1.807, 2.05) is 24.3 Å². The van der Waals surface area contributed by atoms with Crippen molar-refractivity contribution in [1.29, 1.82) is 0 Å². The molecule has 0 radical (unpaired) electrons. The first-order valence-corrected chi connectivity index (χ1v) is 10.5. The number of unbranched alkanes of at least 4 members (excludes halogenated alkanes) is 1. The predicted octanol–water partition coefficient (Wildman–Crippen LogP) is 4.36. The molecular formula is C24H30N2O2. The van der Waals surface area contributed by atoms with Crippen molar-refractivity contribution in [3.8, 4) is 0 Å². The fourth-order valence-electron chi connectivity index (χ4n) is 4.72. The second-order valence-corrected chi connectivity index (χ2v) is 7.94. The zero-order chi connectivity index (χ0) is 19.4. The van der Waals surface area contributed by atoms with Gasteiger partial charge in [0.1, 0.15) is 0 Å². The molecule has 4 rings (SSSR count). The topological polar surface area (TPSA) is 41.6 Å². The molecular weight excluding hydrogens is 348 g/mol. The van der Waals surface area contributed by atoms with Crippen LogP contribution in [-0.2, 0) is 21.6 Å². The number of anilines is 1. The van der Waals surface area contributed by atoms with Gasteiger partial charge in [-0.25, -0.2) is 0 Å². The van der Waals surface area contributed by atoms with Crippen molar-refractivity contribution >= 4 is 11.6 Å². The van der Waals surface area contributed by atoms with E-state index in [4.69, 9.17) is 4.74 Å². The average Bonchev–Trinajstić information content (AvgIpc) is 3.23. The Kier molecular flexibility index (Phi) is 5.67. The van der Waals surface area contributed by atoms with E-state index < -0.39 is 5.41 Å². The summed E-state index contributed by atoms with van der Waals surface area (Å²) in [6.07, 6.45) is 3.90. The molecule has 2 aromatic rings. The molecule has 1 fully saturated rings. The molecule has 2 heterocycles. The van der Waals surface area contributed by atoms with Gasteiger partial charge in [0.2, 0.25) is 5.91 Å². The van der Waals surface area contributed by atoms with E-state index in [1.54, 1.807) is 0 Å². The maximum absolute atomic E-state index is 13.5. The number of carbonyl (C=O) groups excluding carboxylic acids is 1. The lowest BCUT2D eigenvalue weighted by atomic mass is 9.74. The van der Waals surface area contributed by atoms with Gasteiger partial charge in [-0.3, -0.25) is 4.79 Å². The lowest BCUT2D eigenvalue weighted by Gasteiger charge is -2.30. The second-order valence-electron chi connectivity index (χ2n) is 7.94. The standard InChI is InChI=1S/C24H30N2O2/c1-2-3-15-26-16-14-24(23(26)27)20-11-7-8-12-21(20)25-22(24)13-17-28-18-19-9-5-4-6-10-19/h4-12,22,25H,2-3,13-18H2,1H3/t22-,24+/m1/s1. The van der Waals surface area contributed by atoms with Crippen molar-refractivity contribution in [3.05, 3.63) is 65.7 Å². The number of rotatable bonds is 8. The molecule has 2 aliphatic rings. The van der Waals surface area contributed by atoms with Crippen molar-refractivity contribution in [1.82, 2.24) is 4.90 Å². The van der Waals surface area contributed by atoms with Crippen LogP contribution in [0.5, 0.6) is 0 Å². The molecule has 0 unspecified atom stereocenters. The zero-order valence-electron chi connectivity index (χ0n) is 16.7. The number of amides is 1. The third kappa shape index (κ3) is 3.42. The normalized spacial score (nSPS) is 23.2. The van der Waals surface area contributed by atoms with Gasteiger partial charge < -0.3 is 15.0 Å². The molecule has 0 bridgehead atoms. The van der Waals surface area contributed by atoms with E-state index in [9.17, 15) is 4.79 Å². The third-order valence-electron chi connectivity index (χ3n) is 6.22. The molecule has 0 aromatic heterocycles. The van der Waals surface area contributed by atoms with Crippen molar-refractivity contribution < 1.29 is 9.53 Å². The molecule has 1 N–H and O–H groups in total. The van der Waals surface area contributed by atoms with Crippen LogP contribution in [0.15, 0.2) is 54.6 Å². The lowest BCUT2D eigenvalue weighted by molar-refractivity contribution is -0.133. The summed E-state index contributed by atoms with van der Waals surface area (Å²) < 4.78 is 5.95. The van der Waals surface area contributed by atoms with Crippen molar-refractivity contribution in [2.45, 2.75) is 50.7 Å². The van der Waals surface area contributed by atoms with Crippen LogP contribution in [0.4, 0.5) is 5.69 Å². The maximum Gasteiger partial charge on any atom is 0.235 e. The second kappa shape index (κ2) is 8.36. The number of hydrogen-bond donors (Lipinski definition) is 1. The van der Waals surface area contributed by atoms with Gasteiger partial charge >= 0.3 is 0 Å². The Labute approximate surface area is 167 Å². The molecule has 4 heteroatoms. The van der Waals surface area contributed by atoms with E-state index in [1.165, 1.54) is 11.1 Å². The molecule has 4 nitrogen and oxygen atoms in total. The highest BCUT2D eigenvalue weighted by Crippen LogP contribution is 2.48. The zero-order valence-corrected chi connectivity index (χ0v) is 16.7. The minimum Gasteiger partial charge on any atom is -0.381 e. The molecule has 148 valence electrons. The van der Waals surface area contributed by atoms with Crippen LogP contribution in [0.1, 0.15) is 43.7 Å². The first-order chi connectivity index (χ1) is 13.8.